The first-order valence-electron chi connectivity index (χ1n) is 7.69. The molecule has 0 spiro atoms. The second-order valence-electron chi connectivity index (χ2n) is 7.32. The van der Waals surface area contributed by atoms with Gasteiger partial charge in [0.15, 0.2) is 11.2 Å². The number of carbonyl (C=O) groups is 2. The van der Waals surface area contributed by atoms with Crippen LogP contribution in [0.15, 0.2) is 21.3 Å². The average Bonchev–Trinajstić information content (AvgIpc) is 2.80. The lowest BCUT2D eigenvalue weighted by atomic mass is 9.48. The number of methoxy groups -OCH3 is 1. The van der Waals surface area contributed by atoms with Crippen LogP contribution in [-0.2, 0) is 9.53 Å². The Morgan fingerprint density at radius 1 is 1.35 bits per heavy atom. The highest BCUT2D eigenvalue weighted by atomic mass is 16.5. The molecular weight excluding hydrogens is 298 g/mol. The Morgan fingerprint density at radius 2 is 2.04 bits per heavy atom. The van der Waals surface area contributed by atoms with Crippen LogP contribution in [0.4, 0.5) is 0 Å². The van der Waals surface area contributed by atoms with Gasteiger partial charge in [0.25, 0.3) is 5.91 Å². The van der Waals surface area contributed by atoms with Crippen LogP contribution in [0.5, 0.6) is 0 Å². The van der Waals surface area contributed by atoms with Gasteiger partial charge in [-0.05, 0) is 24.7 Å². The van der Waals surface area contributed by atoms with Crippen LogP contribution in [0, 0.1) is 23.7 Å². The van der Waals surface area contributed by atoms with Crippen molar-refractivity contribution in [1.29, 1.82) is 0 Å². The number of hydrogen-bond donors (Lipinski definition) is 0. The van der Waals surface area contributed by atoms with Gasteiger partial charge in [0.05, 0.1) is 12.5 Å². The molecule has 1 aliphatic heterocycles. The fourth-order valence-electron chi connectivity index (χ4n) is 4.39. The van der Waals surface area contributed by atoms with Gasteiger partial charge < -0.3 is 14.1 Å². The van der Waals surface area contributed by atoms with Crippen molar-refractivity contribution in [1.82, 2.24) is 4.90 Å². The molecule has 0 aromatic carbocycles. The highest BCUT2D eigenvalue weighted by molar-refractivity contribution is 5.93. The number of likely N-dealkylation sites (tertiary alicyclic amines) is 1. The maximum Gasteiger partial charge on any atom is 0.314 e. The minimum absolute atomic E-state index is 0.0172. The van der Waals surface area contributed by atoms with Gasteiger partial charge >= 0.3 is 5.97 Å². The molecule has 1 saturated heterocycles. The zero-order valence-corrected chi connectivity index (χ0v) is 13.8. The summed E-state index contributed by atoms with van der Waals surface area (Å²) in [7, 11) is 1.38. The molecule has 2 atom stereocenters. The molecule has 23 heavy (non-hydrogen) atoms. The summed E-state index contributed by atoms with van der Waals surface area (Å²) in [4.78, 5) is 38.1. The minimum Gasteiger partial charge on any atom is -0.469 e. The summed E-state index contributed by atoms with van der Waals surface area (Å²) in [6.07, 6.45) is 0.693. The number of aryl methyl sites for hydroxylation is 1. The number of hydrogen-bond acceptors (Lipinski definition) is 5. The van der Waals surface area contributed by atoms with Crippen LogP contribution in [0.3, 0.4) is 0 Å². The zero-order valence-electron chi connectivity index (χ0n) is 13.8. The molecule has 1 aromatic heterocycles. The van der Waals surface area contributed by atoms with E-state index in [9.17, 15) is 14.4 Å². The predicted octanol–water partition coefficient (Wildman–Crippen LogP) is 1.61. The van der Waals surface area contributed by atoms with E-state index >= 15 is 0 Å². The number of carbonyl (C=O) groups excluding carboxylic acids is 2. The first kappa shape index (κ1) is 15.8. The molecule has 6 nitrogen and oxygen atoms in total. The third kappa shape index (κ3) is 2.28. The van der Waals surface area contributed by atoms with Crippen molar-refractivity contribution in [2.75, 3.05) is 20.2 Å². The third-order valence-electron chi connectivity index (χ3n) is 5.24. The Balaban J connectivity index is 1.90. The molecule has 2 aliphatic rings. The molecule has 0 unspecified atom stereocenters. The first-order valence-corrected chi connectivity index (χ1v) is 7.69. The summed E-state index contributed by atoms with van der Waals surface area (Å²) in [5.74, 6) is -0.134. The highest BCUT2D eigenvalue weighted by Crippen LogP contribution is 2.63. The molecule has 0 radical (unpaired) electrons. The van der Waals surface area contributed by atoms with Gasteiger partial charge in [-0.1, -0.05) is 13.8 Å². The van der Waals surface area contributed by atoms with Gasteiger partial charge in [-0.2, -0.15) is 0 Å². The largest absolute Gasteiger partial charge is 0.469 e. The van der Waals surface area contributed by atoms with Crippen molar-refractivity contribution in [3.63, 3.8) is 0 Å². The summed E-state index contributed by atoms with van der Waals surface area (Å²) in [6, 6.07) is 2.54. The van der Waals surface area contributed by atoms with Gasteiger partial charge in [0, 0.05) is 25.2 Å². The first-order chi connectivity index (χ1) is 10.7. The van der Waals surface area contributed by atoms with Crippen LogP contribution >= 0.6 is 0 Å². The number of amides is 1. The summed E-state index contributed by atoms with van der Waals surface area (Å²) < 4.78 is 10.4. The average molecular weight is 319 g/mol. The van der Waals surface area contributed by atoms with E-state index in [1.54, 1.807) is 11.8 Å². The van der Waals surface area contributed by atoms with E-state index in [4.69, 9.17) is 9.15 Å². The Labute approximate surface area is 134 Å². The SMILES string of the molecule is COC(=O)[C@@]12CN(C(=O)c3cc(=O)cc(C)o3)C[C@@H]1C(C)(C)C2. The van der Waals surface area contributed by atoms with Crippen molar-refractivity contribution in [2.24, 2.45) is 16.7 Å². The van der Waals surface area contributed by atoms with Crippen molar-refractivity contribution >= 4 is 11.9 Å². The quantitative estimate of drug-likeness (QED) is 0.774. The molecule has 6 heteroatoms. The van der Waals surface area contributed by atoms with Crippen LogP contribution < -0.4 is 5.43 Å². The number of ether oxygens (including phenoxy) is 1. The van der Waals surface area contributed by atoms with E-state index < -0.39 is 5.41 Å². The maximum atomic E-state index is 12.7. The van der Waals surface area contributed by atoms with E-state index in [1.165, 1.54) is 19.2 Å². The molecule has 1 amide bonds. The second kappa shape index (κ2) is 4.94. The lowest BCUT2D eigenvalue weighted by Gasteiger charge is -2.54. The minimum atomic E-state index is -0.627. The van der Waals surface area contributed by atoms with Gasteiger partial charge in [-0.25, -0.2) is 0 Å². The number of fused-ring (bicyclic) bond motifs is 1. The Kier molecular flexibility index (Phi) is 3.39. The van der Waals surface area contributed by atoms with Gasteiger partial charge in [0.1, 0.15) is 5.76 Å². The Hall–Kier alpha value is -2.11. The van der Waals surface area contributed by atoms with E-state index in [0.29, 0.717) is 25.3 Å². The normalized spacial score (nSPS) is 28.0. The summed E-state index contributed by atoms with van der Waals surface area (Å²) in [5, 5.41) is 0. The molecule has 2 fully saturated rings. The molecule has 124 valence electrons. The number of nitrogens with zero attached hydrogens (tertiary/aromatic N) is 1. The van der Waals surface area contributed by atoms with Crippen LogP contribution in [0.25, 0.3) is 0 Å². The molecular formula is C17H21NO5. The molecule has 3 rings (SSSR count). The summed E-state index contributed by atoms with van der Waals surface area (Å²) in [6.45, 7) is 6.60. The van der Waals surface area contributed by atoms with E-state index in [0.717, 1.165) is 0 Å². The van der Waals surface area contributed by atoms with Gasteiger partial charge in [-0.3, -0.25) is 14.4 Å². The fourth-order valence-corrected chi connectivity index (χ4v) is 4.39. The van der Waals surface area contributed by atoms with Crippen molar-refractivity contribution in [3.8, 4) is 0 Å². The summed E-state index contributed by atoms with van der Waals surface area (Å²) in [5.41, 5.74) is -0.906. The molecule has 1 aromatic rings. The fraction of sp³-hybridized carbons (Fsp3) is 0.588. The number of esters is 1. The Morgan fingerprint density at radius 3 is 2.61 bits per heavy atom. The van der Waals surface area contributed by atoms with Crippen LogP contribution in [-0.4, -0.2) is 37.0 Å². The van der Waals surface area contributed by atoms with E-state index in [2.05, 4.69) is 13.8 Å². The zero-order chi connectivity index (χ0) is 17.0. The van der Waals surface area contributed by atoms with Crippen LogP contribution in [0.1, 0.15) is 36.6 Å². The molecule has 0 N–H and O–H groups in total. The van der Waals surface area contributed by atoms with Gasteiger partial charge in [-0.15, -0.1) is 0 Å². The van der Waals surface area contributed by atoms with Crippen molar-refractivity contribution in [2.45, 2.75) is 27.2 Å². The van der Waals surface area contributed by atoms with Crippen molar-refractivity contribution < 1.29 is 18.7 Å². The molecule has 1 saturated carbocycles. The predicted molar refractivity (Wildman–Crippen MR) is 82.0 cm³/mol. The lowest BCUT2D eigenvalue weighted by molar-refractivity contribution is -0.174. The second-order valence-corrected chi connectivity index (χ2v) is 7.32. The number of rotatable bonds is 2. The third-order valence-corrected chi connectivity index (χ3v) is 5.24. The monoisotopic (exact) mass is 319 g/mol. The summed E-state index contributed by atoms with van der Waals surface area (Å²) >= 11 is 0. The Bertz CT molecular complexity index is 735. The molecule has 2 heterocycles. The van der Waals surface area contributed by atoms with E-state index in [1.807, 2.05) is 0 Å². The van der Waals surface area contributed by atoms with E-state index in [-0.39, 0.29) is 34.4 Å². The van der Waals surface area contributed by atoms with Crippen molar-refractivity contribution in [3.05, 3.63) is 33.9 Å². The maximum absolute atomic E-state index is 12.7. The lowest BCUT2D eigenvalue weighted by Crippen LogP contribution is -2.57. The molecule has 0 bridgehead atoms. The molecule has 1 aliphatic carbocycles. The highest BCUT2D eigenvalue weighted by Gasteiger charge is 2.68. The van der Waals surface area contributed by atoms with Gasteiger partial charge in [0.2, 0.25) is 0 Å². The van der Waals surface area contributed by atoms with Crippen LogP contribution in [0.2, 0.25) is 0 Å². The topological polar surface area (TPSA) is 76.8 Å². The standard InChI is InChI=1S/C17H21NO5/c1-10-5-11(19)6-12(23-10)14(20)18-7-13-16(2,3)8-17(13,9-18)15(21)22-4/h5-6,13H,7-9H2,1-4H3/t13-,17+/m1/s1. The smallest absolute Gasteiger partial charge is 0.314 e.